The molecule has 0 radical (unpaired) electrons. The Kier molecular flexibility index (Phi) is 5.27. The van der Waals surface area contributed by atoms with Crippen LogP contribution in [0.15, 0.2) is 0 Å². The summed E-state index contributed by atoms with van der Waals surface area (Å²) in [6.45, 7) is 1.13. The van der Waals surface area contributed by atoms with E-state index in [4.69, 9.17) is 10.2 Å². The standard InChI is InChI=1S/C2H6Br3NOSi/c3-8(4,5)7-2-1-6/h1-2,6H2. The SMILES string of the molecule is NCCO[Si](Br)(Br)Br. The Balaban J connectivity index is 3.11. The normalized spacial score (nSPS) is 12.0. The number of hydrogen-bond donors (Lipinski definition) is 1. The summed E-state index contributed by atoms with van der Waals surface area (Å²) in [5.41, 5.74) is 5.17. The van der Waals surface area contributed by atoms with Gasteiger partial charge in [0.25, 0.3) is 0 Å². The van der Waals surface area contributed by atoms with E-state index in [0.717, 1.165) is 0 Å². The Morgan fingerprint density at radius 2 is 1.88 bits per heavy atom. The maximum Gasteiger partial charge on any atom is 0.409 e. The number of rotatable bonds is 3. The first-order chi connectivity index (χ1) is 3.56. The first kappa shape index (κ1) is 9.58. The minimum atomic E-state index is -1.82. The zero-order chi connectivity index (χ0) is 6.62. The summed E-state index contributed by atoms with van der Waals surface area (Å²) >= 11 is 9.82. The Bertz CT molecular complexity index is 64.8. The van der Waals surface area contributed by atoms with Gasteiger partial charge in [0.15, 0.2) is 0 Å². The molecule has 6 heteroatoms. The second-order valence-corrected chi connectivity index (χ2v) is 21.9. The first-order valence-corrected chi connectivity index (χ1v) is 10.6. The fraction of sp³-hybridized carbons (Fsp3) is 1.00. The van der Waals surface area contributed by atoms with Gasteiger partial charge in [-0.15, -0.1) is 0 Å². The van der Waals surface area contributed by atoms with E-state index in [9.17, 15) is 0 Å². The lowest BCUT2D eigenvalue weighted by Crippen LogP contribution is -2.19. The maximum atomic E-state index is 5.17. The molecular weight excluding hydrogens is 322 g/mol. The largest absolute Gasteiger partial charge is 0.409 e. The Labute approximate surface area is 73.0 Å². The molecule has 0 unspecified atom stereocenters. The second kappa shape index (κ2) is 4.40. The van der Waals surface area contributed by atoms with Crippen molar-refractivity contribution >= 4 is 50.1 Å². The van der Waals surface area contributed by atoms with Crippen molar-refractivity contribution < 1.29 is 4.43 Å². The van der Waals surface area contributed by atoms with E-state index in [-0.39, 0.29) is 0 Å². The maximum absolute atomic E-state index is 5.17. The van der Waals surface area contributed by atoms with E-state index < -0.39 is 4.18 Å². The molecule has 0 spiro atoms. The molecule has 0 aliphatic carbocycles. The van der Waals surface area contributed by atoms with Gasteiger partial charge in [0, 0.05) is 13.2 Å². The lowest BCUT2D eigenvalue weighted by Gasteiger charge is -2.08. The van der Waals surface area contributed by atoms with Crippen molar-refractivity contribution in [1.29, 1.82) is 0 Å². The van der Waals surface area contributed by atoms with E-state index in [1.165, 1.54) is 0 Å². The van der Waals surface area contributed by atoms with Gasteiger partial charge in [0.2, 0.25) is 0 Å². The summed E-state index contributed by atoms with van der Waals surface area (Å²) in [6, 6.07) is 0. The molecule has 0 aliphatic rings. The van der Waals surface area contributed by atoms with Gasteiger partial charge >= 0.3 is 4.18 Å². The summed E-state index contributed by atoms with van der Waals surface area (Å²) in [5.74, 6) is 0. The van der Waals surface area contributed by atoms with Crippen LogP contribution in [0.25, 0.3) is 0 Å². The molecule has 0 rings (SSSR count). The number of hydrogen-bond acceptors (Lipinski definition) is 2. The van der Waals surface area contributed by atoms with Gasteiger partial charge in [-0.05, 0) is 0 Å². The van der Waals surface area contributed by atoms with Crippen LogP contribution >= 0.6 is 45.9 Å². The van der Waals surface area contributed by atoms with Crippen molar-refractivity contribution in [2.75, 3.05) is 13.2 Å². The average molecular weight is 328 g/mol. The van der Waals surface area contributed by atoms with Crippen molar-refractivity contribution in [3.8, 4) is 0 Å². The quantitative estimate of drug-likeness (QED) is 0.631. The molecule has 0 aromatic carbocycles. The third-order valence-electron chi connectivity index (χ3n) is 0.384. The third kappa shape index (κ3) is 7.58. The van der Waals surface area contributed by atoms with Crippen molar-refractivity contribution in [2.45, 2.75) is 0 Å². The minimum Gasteiger partial charge on any atom is -0.390 e. The van der Waals surface area contributed by atoms with Gasteiger partial charge in [0.1, 0.15) is 0 Å². The predicted molar refractivity (Wildman–Crippen MR) is 47.5 cm³/mol. The van der Waals surface area contributed by atoms with Crippen LogP contribution in [0, 0.1) is 0 Å². The summed E-state index contributed by atoms with van der Waals surface area (Å²) in [6.07, 6.45) is 0. The average Bonchev–Trinajstić information content (AvgIpc) is 1.59. The van der Waals surface area contributed by atoms with Crippen LogP contribution in [-0.2, 0) is 4.43 Å². The molecule has 0 amide bonds. The van der Waals surface area contributed by atoms with E-state index in [0.29, 0.717) is 13.2 Å². The molecule has 0 saturated heterocycles. The van der Waals surface area contributed by atoms with Crippen LogP contribution in [0.3, 0.4) is 0 Å². The molecule has 0 bridgehead atoms. The Hall–Kier alpha value is 1.58. The van der Waals surface area contributed by atoms with Crippen molar-refractivity contribution in [3.05, 3.63) is 0 Å². The Morgan fingerprint density at radius 3 is 2.00 bits per heavy atom. The van der Waals surface area contributed by atoms with E-state index in [1.807, 2.05) is 0 Å². The van der Waals surface area contributed by atoms with Crippen LogP contribution in [0.4, 0.5) is 0 Å². The summed E-state index contributed by atoms with van der Waals surface area (Å²) in [4.78, 5) is 0. The van der Waals surface area contributed by atoms with Crippen LogP contribution < -0.4 is 5.73 Å². The molecule has 0 saturated carbocycles. The van der Waals surface area contributed by atoms with Crippen LogP contribution in [0.1, 0.15) is 0 Å². The highest BCUT2D eigenvalue weighted by atomic mass is 80.0. The molecule has 0 aromatic rings. The number of halogens is 3. The van der Waals surface area contributed by atoms with Crippen molar-refractivity contribution in [2.24, 2.45) is 5.73 Å². The second-order valence-electron chi connectivity index (χ2n) is 1.08. The molecule has 8 heavy (non-hydrogen) atoms. The van der Waals surface area contributed by atoms with Crippen LogP contribution in [0.5, 0.6) is 0 Å². The highest BCUT2D eigenvalue weighted by Gasteiger charge is 2.22. The van der Waals surface area contributed by atoms with Gasteiger partial charge in [-0.25, -0.2) is 0 Å². The molecule has 0 heterocycles. The number of nitrogens with two attached hydrogens (primary N) is 1. The molecule has 0 atom stereocenters. The predicted octanol–water partition coefficient (Wildman–Crippen LogP) is 1.58. The van der Waals surface area contributed by atoms with Gasteiger partial charge in [-0.2, -0.15) is 0 Å². The first-order valence-electron chi connectivity index (χ1n) is 1.97. The smallest absolute Gasteiger partial charge is 0.390 e. The fourth-order valence-corrected chi connectivity index (χ4v) is 1.98. The zero-order valence-electron chi connectivity index (χ0n) is 4.03. The molecule has 2 N–H and O–H groups in total. The monoisotopic (exact) mass is 325 g/mol. The minimum absolute atomic E-state index is 0.553. The third-order valence-corrected chi connectivity index (χ3v) is 2.98. The van der Waals surface area contributed by atoms with E-state index in [1.54, 1.807) is 0 Å². The highest BCUT2D eigenvalue weighted by molar-refractivity contribution is 9.71. The lowest BCUT2D eigenvalue weighted by atomic mass is 10.8. The molecule has 0 aliphatic heterocycles. The van der Waals surface area contributed by atoms with Gasteiger partial charge in [-0.3, -0.25) is 0 Å². The van der Waals surface area contributed by atoms with Crippen LogP contribution in [-0.4, -0.2) is 17.3 Å². The zero-order valence-corrected chi connectivity index (χ0v) is 9.79. The lowest BCUT2D eigenvalue weighted by molar-refractivity contribution is 0.352. The van der Waals surface area contributed by atoms with Gasteiger partial charge in [-0.1, -0.05) is 45.9 Å². The topological polar surface area (TPSA) is 35.2 Å². The molecule has 0 fully saturated rings. The highest BCUT2D eigenvalue weighted by Crippen LogP contribution is 2.27. The summed E-state index contributed by atoms with van der Waals surface area (Å²) < 4.78 is 3.32. The van der Waals surface area contributed by atoms with Gasteiger partial charge in [0.05, 0.1) is 0 Å². The summed E-state index contributed by atoms with van der Waals surface area (Å²) in [7, 11) is 0. The summed E-state index contributed by atoms with van der Waals surface area (Å²) in [5, 5.41) is 0. The van der Waals surface area contributed by atoms with Crippen LogP contribution in [0.2, 0.25) is 0 Å². The Morgan fingerprint density at radius 1 is 1.38 bits per heavy atom. The van der Waals surface area contributed by atoms with Crippen molar-refractivity contribution in [3.63, 3.8) is 0 Å². The fourth-order valence-electron chi connectivity index (χ4n) is 0.175. The van der Waals surface area contributed by atoms with Crippen molar-refractivity contribution in [1.82, 2.24) is 0 Å². The molecule has 2 nitrogen and oxygen atoms in total. The molecule has 0 aromatic heterocycles. The van der Waals surface area contributed by atoms with E-state index in [2.05, 4.69) is 45.9 Å². The molecule has 50 valence electrons. The molecular formula is C2H6Br3NOSi. The van der Waals surface area contributed by atoms with Gasteiger partial charge < -0.3 is 10.2 Å². The van der Waals surface area contributed by atoms with E-state index >= 15 is 0 Å².